The molecule has 206 valence electrons. The Bertz CT molecular complexity index is 1470. The number of hydrogen-bond donors (Lipinski definition) is 2. The van der Waals surface area contributed by atoms with Gasteiger partial charge in [-0.05, 0) is 62.4 Å². The first-order valence-electron chi connectivity index (χ1n) is 12.4. The summed E-state index contributed by atoms with van der Waals surface area (Å²) in [6.07, 6.45) is 2.39. The number of aromatic nitrogens is 4. The van der Waals surface area contributed by atoms with E-state index in [1.807, 2.05) is 0 Å². The molecule has 2 heterocycles. The zero-order chi connectivity index (χ0) is 28.5. The Balaban J connectivity index is 1.28. The van der Waals surface area contributed by atoms with Crippen LogP contribution >= 0.6 is 0 Å². The van der Waals surface area contributed by atoms with Crippen molar-refractivity contribution in [2.24, 2.45) is 0 Å². The number of H-pyrrole nitrogens is 2. The van der Waals surface area contributed by atoms with Crippen LogP contribution < -0.4 is 20.6 Å². The van der Waals surface area contributed by atoms with E-state index in [0.717, 1.165) is 0 Å². The Hall–Kier alpha value is -5.26. The fourth-order valence-electron chi connectivity index (χ4n) is 3.53. The third-order valence-corrected chi connectivity index (χ3v) is 5.47. The molecule has 0 aliphatic carbocycles. The van der Waals surface area contributed by atoms with Crippen molar-refractivity contribution in [1.29, 1.82) is 0 Å². The van der Waals surface area contributed by atoms with Gasteiger partial charge in [0.15, 0.2) is 0 Å². The number of nitrogens with one attached hydrogen (secondary N) is 2. The van der Waals surface area contributed by atoms with Gasteiger partial charge >= 0.3 is 11.9 Å². The van der Waals surface area contributed by atoms with Crippen molar-refractivity contribution in [3.63, 3.8) is 0 Å². The molecule has 12 heteroatoms. The molecule has 0 fully saturated rings. The molecule has 0 unspecified atom stereocenters. The maximum atomic E-state index is 12.2. The molecule has 2 aromatic carbocycles. The molecule has 2 N–H and O–H groups in total. The summed E-state index contributed by atoms with van der Waals surface area (Å²) in [6.45, 7) is 4.18. The minimum atomic E-state index is -0.722. The SMILES string of the molecule is CCOC(=O)c1cnc(-c2ccc(OCCOc3ccc(-c4ncc(C(=O)OCC)c(=O)[nH]4)cc3)cc2)[nH]c1=O. The van der Waals surface area contributed by atoms with Gasteiger partial charge in [0.05, 0.1) is 13.2 Å². The van der Waals surface area contributed by atoms with Gasteiger partial charge in [-0.15, -0.1) is 0 Å². The molecule has 0 amide bonds. The second kappa shape index (κ2) is 13.0. The van der Waals surface area contributed by atoms with E-state index in [0.29, 0.717) is 34.3 Å². The molecule has 4 aromatic rings. The summed E-state index contributed by atoms with van der Waals surface area (Å²) in [5.41, 5.74) is -0.186. The predicted octanol–water partition coefficient (Wildman–Crippen LogP) is 3.00. The molecule has 0 aliphatic heterocycles. The van der Waals surface area contributed by atoms with Crippen LogP contribution in [0.5, 0.6) is 11.5 Å². The average molecular weight is 547 g/mol. The maximum absolute atomic E-state index is 12.2. The van der Waals surface area contributed by atoms with E-state index < -0.39 is 23.1 Å². The summed E-state index contributed by atoms with van der Waals surface area (Å²) in [6, 6.07) is 13.8. The second-order valence-corrected chi connectivity index (χ2v) is 8.14. The summed E-state index contributed by atoms with van der Waals surface area (Å²) >= 11 is 0. The summed E-state index contributed by atoms with van der Waals surface area (Å²) in [5, 5.41) is 0. The molecule has 0 radical (unpaired) electrons. The van der Waals surface area contributed by atoms with Gasteiger partial charge in [0.25, 0.3) is 11.1 Å². The van der Waals surface area contributed by atoms with Crippen molar-refractivity contribution in [1.82, 2.24) is 19.9 Å². The quantitative estimate of drug-likeness (QED) is 0.211. The lowest BCUT2D eigenvalue weighted by atomic mass is 10.2. The van der Waals surface area contributed by atoms with E-state index >= 15 is 0 Å². The van der Waals surface area contributed by atoms with Gasteiger partial charge in [0.1, 0.15) is 47.5 Å². The monoisotopic (exact) mass is 546 g/mol. The smallest absolute Gasteiger partial charge is 0.345 e. The molecule has 40 heavy (non-hydrogen) atoms. The third-order valence-electron chi connectivity index (χ3n) is 5.47. The number of ether oxygens (including phenoxy) is 4. The highest BCUT2D eigenvalue weighted by molar-refractivity contribution is 5.89. The number of carbonyl (C=O) groups is 2. The first kappa shape index (κ1) is 27.8. The van der Waals surface area contributed by atoms with Gasteiger partial charge in [-0.25, -0.2) is 19.6 Å². The van der Waals surface area contributed by atoms with Crippen LogP contribution in [0, 0.1) is 0 Å². The van der Waals surface area contributed by atoms with Crippen LogP contribution in [0.2, 0.25) is 0 Å². The number of benzene rings is 2. The van der Waals surface area contributed by atoms with E-state index in [-0.39, 0.29) is 37.6 Å². The molecular weight excluding hydrogens is 520 g/mol. The van der Waals surface area contributed by atoms with Crippen molar-refractivity contribution in [3.05, 3.63) is 92.8 Å². The number of carbonyl (C=O) groups excluding carboxylic acids is 2. The Labute approximate surface area is 228 Å². The van der Waals surface area contributed by atoms with Crippen LogP contribution in [0.4, 0.5) is 0 Å². The van der Waals surface area contributed by atoms with Crippen molar-refractivity contribution in [3.8, 4) is 34.3 Å². The van der Waals surface area contributed by atoms with Crippen LogP contribution in [0.15, 0.2) is 70.5 Å². The van der Waals surface area contributed by atoms with E-state index in [9.17, 15) is 19.2 Å². The van der Waals surface area contributed by atoms with Crippen LogP contribution in [-0.4, -0.2) is 58.3 Å². The number of esters is 2. The molecule has 2 aromatic heterocycles. The number of nitrogens with zero attached hydrogens (tertiary/aromatic N) is 2. The van der Waals surface area contributed by atoms with Crippen molar-refractivity contribution >= 4 is 11.9 Å². The van der Waals surface area contributed by atoms with Gasteiger partial charge < -0.3 is 28.9 Å². The third kappa shape index (κ3) is 6.78. The first-order chi connectivity index (χ1) is 19.4. The van der Waals surface area contributed by atoms with Crippen LogP contribution in [0.1, 0.15) is 34.6 Å². The van der Waals surface area contributed by atoms with E-state index in [1.54, 1.807) is 62.4 Å². The fourth-order valence-corrected chi connectivity index (χ4v) is 3.53. The van der Waals surface area contributed by atoms with E-state index in [1.165, 1.54) is 12.4 Å². The highest BCUT2D eigenvalue weighted by atomic mass is 16.5. The van der Waals surface area contributed by atoms with Crippen molar-refractivity contribution < 1.29 is 28.5 Å². The van der Waals surface area contributed by atoms with Crippen LogP contribution in [-0.2, 0) is 9.47 Å². The normalized spacial score (nSPS) is 10.6. The Morgan fingerprint density at radius 1 is 0.650 bits per heavy atom. The number of hydrogen-bond acceptors (Lipinski definition) is 10. The summed E-state index contributed by atoms with van der Waals surface area (Å²) in [7, 11) is 0. The Morgan fingerprint density at radius 2 is 1.02 bits per heavy atom. The first-order valence-corrected chi connectivity index (χ1v) is 12.4. The van der Waals surface area contributed by atoms with Gasteiger partial charge in [-0.2, -0.15) is 0 Å². The molecule has 0 saturated heterocycles. The number of aromatic amines is 2. The van der Waals surface area contributed by atoms with Crippen LogP contribution in [0.25, 0.3) is 22.8 Å². The molecule has 4 rings (SSSR count). The summed E-state index contributed by atoms with van der Waals surface area (Å²) in [4.78, 5) is 61.3. The average Bonchev–Trinajstić information content (AvgIpc) is 2.96. The lowest BCUT2D eigenvalue weighted by Crippen LogP contribution is -2.21. The zero-order valence-electron chi connectivity index (χ0n) is 21.8. The van der Waals surface area contributed by atoms with Crippen molar-refractivity contribution in [2.45, 2.75) is 13.8 Å². The van der Waals surface area contributed by atoms with Gasteiger partial charge in [0, 0.05) is 23.5 Å². The molecule has 0 saturated carbocycles. The minimum Gasteiger partial charge on any atom is -0.490 e. The molecule has 12 nitrogen and oxygen atoms in total. The number of rotatable bonds is 11. The van der Waals surface area contributed by atoms with Crippen molar-refractivity contribution in [2.75, 3.05) is 26.4 Å². The molecular formula is C28H26N4O8. The predicted molar refractivity (Wildman–Crippen MR) is 143 cm³/mol. The van der Waals surface area contributed by atoms with E-state index in [2.05, 4.69) is 19.9 Å². The molecule has 0 spiro atoms. The van der Waals surface area contributed by atoms with Gasteiger partial charge in [-0.1, -0.05) is 0 Å². The minimum absolute atomic E-state index is 0.156. The standard InChI is InChI=1S/C28H26N4O8/c1-3-37-27(35)21-15-29-23(31-25(21)33)17-5-9-19(10-6-17)39-13-14-40-20-11-7-18(8-12-20)24-30-16-22(26(34)32-24)28(36)38-4-2/h5-12,15-16H,3-4,13-14H2,1-2H3,(H,29,31,33)(H,30,32,34). The maximum Gasteiger partial charge on any atom is 0.345 e. The summed E-state index contributed by atoms with van der Waals surface area (Å²) < 4.78 is 21.1. The highest BCUT2D eigenvalue weighted by Crippen LogP contribution is 2.20. The largest absolute Gasteiger partial charge is 0.490 e. The molecule has 0 aliphatic rings. The zero-order valence-corrected chi connectivity index (χ0v) is 21.8. The van der Waals surface area contributed by atoms with Gasteiger partial charge in [0.2, 0.25) is 0 Å². The highest BCUT2D eigenvalue weighted by Gasteiger charge is 2.14. The lowest BCUT2D eigenvalue weighted by molar-refractivity contribution is 0.0514. The molecule has 0 bridgehead atoms. The van der Waals surface area contributed by atoms with Gasteiger partial charge in [-0.3, -0.25) is 9.59 Å². The fraction of sp³-hybridized carbons (Fsp3) is 0.214. The lowest BCUT2D eigenvalue weighted by Gasteiger charge is -2.10. The Morgan fingerprint density at radius 3 is 1.35 bits per heavy atom. The molecule has 0 atom stereocenters. The van der Waals surface area contributed by atoms with Crippen LogP contribution in [0.3, 0.4) is 0 Å². The second-order valence-electron chi connectivity index (χ2n) is 8.14. The Kier molecular flexibility index (Phi) is 9.03. The topological polar surface area (TPSA) is 163 Å². The van der Waals surface area contributed by atoms with E-state index in [4.69, 9.17) is 18.9 Å². The summed E-state index contributed by atoms with van der Waals surface area (Å²) in [5.74, 6) is 0.362.